The van der Waals surface area contributed by atoms with Gasteiger partial charge in [0.15, 0.2) is 0 Å². The number of carbonyl (C=O) groups is 1. The molecule has 27 heavy (non-hydrogen) atoms. The van der Waals surface area contributed by atoms with Crippen LogP contribution in [0.5, 0.6) is 0 Å². The molecule has 0 N–H and O–H groups in total. The zero-order valence-electron chi connectivity index (χ0n) is 16.2. The molecular weight excluding hydrogens is 340 g/mol. The largest absolute Gasteiger partial charge is 0.341 e. The fourth-order valence-electron chi connectivity index (χ4n) is 4.22. The first-order valence-corrected chi connectivity index (χ1v) is 9.76. The predicted molar refractivity (Wildman–Crippen MR) is 107 cm³/mol. The number of aryl methyl sites for hydroxylation is 1. The number of para-hydroxylation sites is 1. The topological polar surface area (TPSA) is 60.1 Å². The van der Waals surface area contributed by atoms with Crippen molar-refractivity contribution < 1.29 is 4.79 Å². The maximum Gasteiger partial charge on any atom is 0.291 e. The third-order valence-corrected chi connectivity index (χ3v) is 5.89. The smallest absolute Gasteiger partial charge is 0.291 e. The number of fused-ring (bicyclic) bond motifs is 3. The van der Waals surface area contributed by atoms with E-state index in [2.05, 4.69) is 12.0 Å². The van der Waals surface area contributed by atoms with Crippen molar-refractivity contribution in [3.8, 4) is 0 Å². The van der Waals surface area contributed by atoms with Gasteiger partial charge in [-0.2, -0.15) is 5.10 Å². The van der Waals surface area contributed by atoms with Crippen LogP contribution in [0.2, 0.25) is 0 Å². The second-order valence-corrected chi connectivity index (χ2v) is 7.65. The lowest BCUT2D eigenvalue weighted by Crippen LogP contribution is -2.42. The molecule has 3 aromatic rings. The molecule has 0 bridgehead atoms. The van der Waals surface area contributed by atoms with E-state index in [4.69, 9.17) is 0 Å². The zero-order valence-corrected chi connectivity index (χ0v) is 16.2. The fourth-order valence-corrected chi connectivity index (χ4v) is 4.22. The van der Waals surface area contributed by atoms with Crippen LogP contribution in [-0.4, -0.2) is 38.2 Å². The van der Waals surface area contributed by atoms with Crippen LogP contribution in [0.25, 0.3) is 21.8 Å². The van der Waals surface area contributed by atoms with E-state index < -0.39 is 0 Å². The number of rotatable bonds is 3. The van der Waals surface area contributed by atoms with Crippen LogP contribution in [-0.2, 0) is 11.8 Å². The summed E-state index contributed by atoms with van der Waals surface area (Å²) in [5.74, 6) is 0.784. The number of hydrogen-bond acceptors (Lipinski definition) is 3. The van der Waals surface area contributed by atoms with Gasteiger partial charge in [-0.25, -0.2) is 4.68 Å². The minimum Gasteiger partial charge on any atom is -0.341 e. The van der Waals surface area contributed by atoms with Gasteiger partial charge in [0.05, 0.1) is 11.7 Å². The normalized spacial score (nSPS) is 16.9. The van der Waals surface area contributed by atoms with Crippen LogP contribution >= 0.6 is 0 Å². The van der Waals surface area contributed by atoms with Gasteiger partial charge in [0.25, 0.3) is 5.56 Å². The van der Waals surface area contributed by atoms with Crippen molar-refractivity contribution >= 4 is 27.7 Å². The van der Waals surface area contributed by atoms with Crippen molar-refractivity contribution in [1.29, 1.82) is 0 Å². The standard InChI is InChI=1S/C21H26N4O2/c1-4-17(20(26)24-11-9-14(2)10-12-24)25-18-8-6-5-7-15(18)16-13-22-23(3)21(27)19(16)25/h5-8,13-14,17H,4,9-12H2,1-3H3. The first-order chi connectivity index (χ1) is 13.0. The highest BCUT2D eigenvalue weighted by atomic mass is 16.2. The quantitative estimate of drug-likeness (QED) is 0.716. The third-order valence-electron chi connectivity index (χ3n) is 5.89. The lowest BCUT2D eigenvalue weighted by atomic mass is 9.98. The maximum absolute atomic E-state index is 13.4. The van der Waals surface area contributed by atoms with E-state index in [0.29, 0.717) is 17.9 Å². The van der Waals surface area contributed by atoms with Crippen molar-refractivity contribution in [2.24, 2.45) is 13.0 Å². The van der Waals surface area contributed by atoms with E-state index in [9.17, 15) is 9.59 Å². The van der Waals surface area contributed by atoms with Crippen molar-refractivity contribution in [2.75, 3.05) is 13.1 Å². The molecule has 1 atom stereocenters. The Morgan fingerprint density at radius 1 is 1.22 bits per heavy atom. The molecule has 0 aliphatic carbocycles. The minimum atomic E-state index is -0.379. The van der Waals surface area contributed by atoms with Gasteiger partial charge in [0.1, 0.15) is 11.6 Å². The summed E-state index contributed by atoms with van der Waals surface area (Å²) in [6, 6.07) is 7.52. The second kappa shape index (κ2) is 6.83. The highest BCUT2D eigenvalue weighted by molar-refractivity contribution is 6.08. The van der Waals surface area contributed by atoms with E-state index in [1.54, 1.807) is 13.2 Å². The van der Waals surface area contributed by atoms with Crippen molar-refractivity contribution in [2.45, 2.75) is 39.2 Å². The molecule has 1 amide bonds. The van der Waals surface area contributed by atoms with Crippen LogP contribution in [0.3, 0.4) is 0 Å². The molecule has 6 heteroatoms. The number of carbonyl (C=O) groups excluding carboxylic acids is 1. The van der Waals surface area contributed by atoms with Crippen LogP contribution in [0.4, 0.5) is 0 Å². The molecular formula is C21H26N4O2. The average molecular weight is 366 g/mol. The molecule has 2 aromatic heterocycles. The van der Waals surface area contributed by atoms with E-state index in [1.165, 1.54) is 4.68 Å². The Bertz CT molecular complexity index is 1060. The van der Waals surface area contributed by atoms with Crippen LogP contribution in [0, 0.1) is 5.92 Å². The van der Waals surface area contributed by atoms with Crippen molar-refractivity contribution in [3.63, 3.8) is 0 Å². The molecule has 1 fully saturated rings. The summed E-state index contributed by atoms with van der Waals surface area (Å²) in [6.45, 7) is 5.85. The molecule has 1 aliphatic heterocycles. The third kappa shape index (κ3) is 2.83. The first kappa shape index (κ1) is 17.8. The summed E-state index contributed by atoms with van der Waals surface area (Å²) >= 11 is 0. The SMILES string of the molecule is CCC(C(=O)N1CCC(C)CC1)n1c2ccccc2c2cnn(C)c(=O)c21. The van der Waals surface area contributed by atoms with Gasteiger partial charge >= 0.3 is 0 Å². The number of hydrogen-bond donors (Lipinski definition) is 0. The molecule has 3 heterocycles. The Morgan fingerprint density at radius 3 is 2.63 bits per heavy atom. The van der Waals surface area contributed by atoms with E-state index in [-0.39, 0.29) is 17.5 Å². The highest BCUT2D eigenvalue weighted by Gasteiger charge is 2.30. The summed E-state index contributed by atoms with van der Waals surface area (Å²) in [4.78, 5) is 28.3. The van der Waals surface area contributed by atoms with Gasteiger partial charge < -0.3 is 9.47 Å². The summed E-state index contributed by atoms with van der Waals surface area (Å²) < 4.78 is 3.30. The van der Waals surface area contributed by atoms with E-state index in [0.717, 1.165) is 42.2 Å². The van der Waals surface area contributed by atoms with Gasteiger partial charge in [0.2, 0.25) is 5.91 Å². The van der Waals surface area contributed by atoms with Gasteiger partial charge in [-0.05, 0) is 31.2 Å². The van der Waals surface area contributed by atoms with Gasteiger partial charge in [-0.15, -0.1) is 0 Å². The Hall–Kier alpha value is -2.63. The van der Waals surface area contributed by atoms with Crippen LogP contribution < -0.4 is 5.56 Å². The number of amides is 1. The Morgan fingerprint density at radius 2 is 1.93 bits per heavy atom. The van der Waals surface area contributed by atoms with Crippen molar-refractivity contribution in [1.82, 2.24) is 19.2 Å². The summed E-state index contributed by atoms with van der Waals surface area (Å²) in [5, 5.41) is 5.97. The Labute approximate surface area is 158 Å². The molecule has 1 aliphatic rings. The Kier molecular flexibility index (Phi) is 4.50. The van der Waals surface area contributed by atoms with Crippen LogP contribution in [0.15, 0.2) is 35.3 Å². The summed E-state index contributed by atoms with van der Waals surface area (Å²) in [6.07, 6.45) is 4.46. The highest BCUT2D eigenvalue weighted by Crippen LogP contribution is 2.32. The second-order valence-electron chi connectivity index (χ2n) is 7.65. The number of likely N-dealkylation sites (tertiary alicyclic amines) is 1. The minimum absolute atomic E-state index is 0.117. The zero-order chi connectivity index (χ0) is 19.1. The molecule has 142 valence electrons. The molecule has 4 rings (SSSR count). The fraction of sp³-hybridized carbons (Fsp3) is 0.476. The Balaban J connectivity index is 1.91. The average Bonchev–Trinajstić information content (AvgIpc) is 3.01. The maximum atomic E-state index is 13.4. The van der Waals surface area contributed by atoms with Crippen LogP contribution in [0.1, 0.15) is 39.2 Å². The number of nitrogens with zero attached hydrogens (tertiary/aromatic N) is 4. The lowest BCUT2D eigenvalue weighted by molar-refractivity contribution is -0.136. The van der Waals surface area contributed by atoms with Gasteiger partial charge in [0, 0.05) is 30.9 Å². The molecule has 1 saturated heterocycles. The number of benzene rings is 1. The number of piperidine rings is 1. The lowest BCUT2D eigenvalue weighted by Gasteiger charge is -2.33. The molecule has 0 radical (unpaired) electrons. The molecule has 1 aromatic carbocycles. The summed E-state index contributed by atoms with van der Waals surface area (Å²) in [7, 11) is 1.65. The summed E-state index contributed by atoms with van der Waals surface area (Å²) in [5.41, 5.74) is 1.32. The molecule has 1 unspecified atom stereocenters. The molecule has 6 nitrogen and oxygen atoms in total. The molecule has 0 saturated carbocycles. The van der Waals surface area contributed by atoms with E-state index >= 15 is 0 Å². The van der Waals surface area contributed by atoms with Gasteiger partial charge in [-0.3, -0.25) is 9.59 Å². The molecule has 0 spiro atoms. The monoisotopic (exact) mass is 366 g/mol. The van der Waals surface area contributed by atoms with E-state index in [1.807, 2.05) is 40.7 Å². The van der Waals surface area contributed by atoms with Gasteiger partial charge in [-0.1, -0.05) is 32.0 Å². The number of aromatic nitrogens is 3. The first-order valence-electron chi connectivity index (χ1n) is 9.76. The predicted octanol–water partition coefficient (Wildman–Crippen LogP) is 3.10. The van der Waals surface area contributed by atoms with Crippen molar-refractivity contribution in [3.05, 3.63) is 40.8 Å².